The largest absolute Gasteiger partial charge is 0.497 e. The van der Waals surface area contributed by atoms with Crippen LogP contribution in [0, 0.1) is 18.3 Å². The molecule has 0 aliphatic carbocycles. The summed E-state index contributed by atoms with van der Waals surface area (Å²) in [5, 5.41) is 18.8. The maximum Gasteiger partial charge on any atom is 0.196 e. The fraction of sp³-hybridized carbons (Fsp3) is 0.160. The van der Waals surface area contributed by atoms with E-state index in [-0.39, 0.29) is 0 Å². The SMILES string of the molecule is COc1ccc(OC)c(-n2c(SCc3ccc(C#N)cc3)nnc2-c2ccc(C)cc2)c1. The van der Waals surface area contributed by atoms with Gasteiger partial charge in [-0.05, 0) is 36.8 Å². The van der Waals surface area contributed by atoms with Crippen molar-refractivity contribution < 1.29 is 9.47 Å². The van der Waals surface area contributed by atoms with Crippen molar-refractivity contribution in [3.05, 3.63) is 83.4 Å². The van der Waals surface area contributed by atoms with Crippen molar-refractivity contribution in [1.29, 1.82) is 5.26 Å². The highest BCUT2D eigenvalue weighted by atomic mass is 32.2. The van der Waals surface area contributed by atoms with Crippen molar-refractivity contribution in [3.8, 4) is 34.6 Å². The minimum Gasteiger partial charge on any atom is -0.497 e. The van der Waals surface area contributed by atoms with Crippen molar-refractivity contribution in [1.82, 2.24) is 14.8 Å². The van der Waals surface area contributed by atoms with Crippen LogP contribution in [-0.2, 0) is 5.75 Å². The maximum absolute atomic E-state index is 9.02. The lowest BCUT2D eigenvalue weighted by Gasteiger charge is -2.15. The molecule has 4 rings (SSSR count). The number of aryl methyl sites for hydroxylation is 1. The minimum absolute atomic E-state index is 0.643. The number of nitrogens with zero attached hydrogens (tertiary/aromatic N) is 4. The van der Waals surface area contributed by atoms with Crippen LogP contribution in [0.5, 0.6) is 11.5 Å². The number of nitriles is 1. The molecule has 0 aliphatic heterocycles. The van der Waals surface area contributed by atoms with Crippen LogP contribution in [0.2, 0.25) is 0 Å². The molecule has 1 heterocycles. The normalized spacial score (nSPS) is 10.6. The Bertz CT molecular complexity index is 1260. The van der Waals surface area contributed by atoms with Gasteiger partial charge in [0.2, 0.25) is 0 Å². The number of methoxy groups -OCH3 is 2. The van der Waals surface area contributed by atoms with Gasteiger partial charge in [-0.15, -0.1) is 10.2 Å². The molecule has 0 radical (unpaired) electrons. The molecule has 4 aromatic rings. The van der Waals surface area contributed by atoms with Crippen LogP contribution in [0.15, 0.2) is 71.9 Å². The Balaban J connectivity index is 1.78. The van der Waals surface area contributed by atoms with E-state index in [1.807, 2.05) is 59.2 Å². The van der Waals surface area contributed by atoms with E-state index in [0.29, 0.717) is 22.8 Å². The van der Waals surface area contributed by atoms with Crippen LogP contribution < -0.4 is 9.47 Å². The fourth-order valence-corrected chi connectivity index (χ4v) is 4.17. The number of hydrogen-bond acceptors (Lipinski definition) is 6. The maximum atomic E-state index is 9.02. The van der Waals surface area contributed by atoms with Crippen LogP contribution in [-0.4, -0.2) is 29.0 Å². The molecule has 0 amide bonds. The van der Waals surface area contributed by atoms with Crippen LogP contribution in [0.1, 0.15) is 16.7 Å². The lowest BCUT2D eigenvalue weighted by Crippen LogP contribution is -2.03. The van der Waals surface area contributed by atoms with Gasteiger partial charge in [0.1, 0.15) is 11.5 Å². The number of ether oxygens (including phenoxy) is 2. The highest BCUT2D eigenvalue weighted by Crippen LogP contribution is 2.35. The van der Waals surface area contributed by atoms with E-state index in [1.165, 1.54) is 5.56 Å². The molecule has 0 saturated heterocycles. The second-order valence-electron chi connectivity index (χ2n) is 7.14. The third-order valence-corrected chi connectivity index (χ3v) is 6.02. The molecule has 0 N–H and O–H groups in total. The number of thioether (sulfide) groups is 1. The van der Waals surface area contributed by atoms with Gasteiger partial charge in [-0.25, -0.2) is 0 Å². The molecule has 7 heteroatoms. The van der Waals surface area contributed by atoms with Gasteiger partial charge in [0.05, 0.1) is 31.5 Å². The summed E-state index contributed by atoms with van der Waals surface area (Å²) in [4.78, 5) is 0. The summed E-state index contributed by atoms with van der Waals surface area (Å²) in [6.07, 6.45) is 0. The fourth-order valence-electron chi connectivity index (χ4n) is 3.27. The lowest BCUT2D eigenvalue weighted by atomic mass is 10.1. The number of rotatable bonds is 7. The van der Waals surface area contributed by atoms with Gasteiger partial charge in [-0.3, -0.25) is 4.57 Å². The first-order valence-electron chi connectivity index (χ1n) is 9.99. The molecule has 0 bridgehead atoms. The second kappa shape index (κ2) is 9.58. The Kier molecular flexibility index (Phi) is 6.43. The molecule has 0 atom stereocenters. The van der Waals surface area contributed by atoms with Crippen molar-refractivity contribution >= 4 is 11.8 Å². The first kappa shape index (κ1) is 21.5. The van der Waals surface area contributed by atoms with Crippen LogP contribution in [0.3, 0.4) is 0 Å². The molecule has 32 heavy (non-hydrogen) atoms. The molecular weight excluding hydrogens is 420 g/mol. The summed E-state index contributed by atoms with van der Waals surface area (Å²) < 4.78 is 13.1. The predicted molar refractivity (Wildman–Crippen MR) is 125 cm³/mol. The zero-order chi connectivity index (χ0) is 22.5. The van der Waals surface area contributed by atoms with Crippen LogP contribution in [0.25, 0.3) is 17.1 Å². The molecule has 1 aromatic heterocycles. The topological polar surface area (TPSA) is 73.0 Å². The highest BCUT2D eigenvalue weighted by Gasteiger charge is 2.20. The lowest BCUT2D eigenvalue weighted by molar-refractivity contribution is 0.401. The molecule has 0 unspecified atom stereocenters. The van der Waals surface area contributed by atoms with Gasteiger partial charge in [-0.2, -0.15) is 5.26 Å². The average Bonchev–Trinajstić information content (AvgIpc) is 3.26. The first-order valence-corrected chi connectivity index (χ1v) is 11.0. The van der Waals surface area contributed by atoms with E-state index in [9.17, 15) is 0 Å². The molecule has 0 aliphatic rings. The number of aromatic nitrogens is 3. The molecule has 160 valence electrons. The van der Waals surface area contributed by atoms with Gasteiger partial charge >= 0.3 is 0 Å². The van der Waals surface area contributed by atoms with E-state index in [2.05, 4.69) is 35.3 Å². The third kappa shape index (κ3) is 4.46. The summed E-state index contributed by atoms with van der Waals surface area (Å²) >= 11 is 1.57. The number of hydrogen-bond donors (Lipinski definition) is 0. The zero-order valence-corrected chi connectivity index (χ0v) is 18.9. The molecule has 0 saturated carbocycles. The molecule has 0 fully saturated rings. The molecule has 0 spiro atoms. The third-order valence-electron chi connectivity index (χ3n) is 5.02. The van der Waals surface area contributed by atoms with Crippen molar-refractivity contribution in [2.45, 2.75) is 17.8 Å². The summed E-state index contributed by atoms with van der Waals surface area (Å²) in [7, 11) is 3.28. The van der Waals surface area contributed by atoms with Gasteiger partial charge in [0.15, 0.2) is 11.0 Å². The van der Waals surface area contributed by atoms with Crippen molar-refractivity contribution in [3.63, 3.8) is 0 Å². The Hall–Kier alpha value is -3.76. The highest BCUT2D eigenvalue weighted by molar-refractivity contribution is 7.98. The smallest absolute Gasteiger partial charge is 0.196 e. The summed E-state index contributed by atoms with van der Waals surface area (Å²) in [5.41, 5.74) is 4.67. The zero-order valence-electron chi connectivity index (χ0n) is 18.1. The second-order valence-corrected chi connectivity index (χ2v) is 8.09. The summed E-state index contributed by atoms with van der Waals surface area (Å²) in [6.45, 7) is 2.05. The number of benzene rings is 3. The average molecular weight is 443 g/mol. The van der Waals surface area contributed by atoms with E-state index in [4.69, 9.17) is 14.7 Å². The van der Waals surface area contributed by atoms with Gasteiger partial charge < -0.3 is 9.47 Å². The first-order chi connectivity index (χ1) is 15.6. The Morgan fingerprint density at radius 1 is 0.938 bits per heavy atom. The van der Waals surface area contributed by atoms with Crippen molar-refractivity contribution in [2.24, 2.45) is 0 Å². The molecule has 6 nitrogen and oxygen atoms in total. The Morgan fingerprint density at radius 2 is 1.69 bits per heavy atom. The predicted octanol–water partition coefficient (Wildman–Crippen LogP) is 5.42. The van der Waals surface area contributed by atoms with Crippen LogP contribution >= 0.6 is 11.8 Å². The molecule has 3 aromatic carbocycles. The van der Waals surface area contributed by atoms with E-state index in [0.717, 1.165) is 27.8 Å². The Labute approximate surface area is 191 Å². The van der Waals surface area contributed by atoms with Gasteiger partial charge in [0.25, 0.3) is 0 Å². The molecular formula is C25H22N4O2S. The standard InChI is InChI=1S/C25H22N4O2S/c1-17-4-10-20(11-5-17)24-27-28-25(32-16-19-8-6-18(15-26)7-9-19)29(24)22-14-21(30-2)12-13-23(22)31-3/h4-14H,16H2,1-3H3. The van der Waals surface area contributed by atoms with Crippen LogP contribution in [0.4, 0.5) is 0 Å². The summed E-state index contributed by atoms with van der Waals surface area (Å²) in [6, 6.07) is 23.6. The summed E-state index contributed by atoms with van der Waals surface area (Å²) in [5.74, 6) is 2.81. The minimum atomic E-state index is 0.643. The monoisotopic (exact) mass is 442 g/mol. The van der Waals surface area contributed by atoms with E-state index in [1.54, 1.807) is 26.0 Å². The van der Waals surface area contributed by atoms with Gasteiger partial charge in [-0.1, -0.05) is 53.7 Å². The quantitative estimate of drug-likeness (QED) is 0.356. The van der Waals surface area contributed by atoms with E-state index >= 15 is 0 Å². The van der Waals surface area contributed by atoms with Gasteiger partial charge in [0, 0.05) is 17.4 Å². The van der Waals surface area contributed by atoms with E-state index < -0.39 is 0 Å². The Morgan fingerprint density at radius 3 is 2.34 bits per heavy atom. The van der Waals surface area contributed by atoms with Crippen molar-refractivity contribution in [2.75, 3.05) is 14.2 Å².